The van der Waals surface area contributed by atoms with Gasteiger partial charge in [-0.25, -0.2) is 9.97 Å². The van der Waals surface area contributed by atoms with Crippen LogP contribution in [0.25, 0.3) is 11.3 Å². The Morgan fingerprint density at radius 2 is 1.74 bits per heavy atom. The molecule has 162 valence electrons. The number of benzene rings is 1. The second-order valence-corrected chi connectivity index (χ2v) is 7.59. The minimum atomic E-state index is 0.569. The number of aromatic nitrogens is 3. The van der Waals surface area contributed by atoms with Crippen LogP contribution in [-0.2, 0) is 6.54 Å². The van der Waals surface area contributed by atoms with Crippen LogP contribution in [-0.4, -0.2) is 72.5 Å². The Labute approximate surface area is 181 Å². The predicted octanol–water partition coefficient (Wildman–Crippen LogP) is 1.81. The maximum Gasteiger partial charge on any atom is 0.225 e. The molecule has 3 aromatic rings. The third kappa shape index (κ3) is 4.78. The quantitative estimate of drug-likeness (QED) is 0.573. The van der Waals surface area contributed by atoms with Gasteiger partial charge < -0.3 is 24.2 Å². The van der Waals surface area contributed by atoms with E-state index in [0.717, 1.165) is 73.7 Å². The van der Waals surface area contributed by atoms with Gasteiger partial charge in [0, 0.05) is 63.3 Å². The van der Waals surface area contributed by atoms with Gasteiger partial charge in [0.05, 0.1) is 6.54 Å². The zero-order valence-electron chi connectivity index (χ0n) is 17.4. The van der Waals surface area contributed by atoms with E-state index >= 15 is 0 Å². The van der Waals surface area contributed by atoms with Gasteiger partial charge in [-0.05, 0) is 24.3 Å². The molecule has 9 nitrogen and oxygen atoms in total. The first-order chi connectivity index (χ1) is 15.3. The van der Waals surface area contributed by atoms with Crippen molar-refractivity contribution >= 4 is 5.95 Å². The minimum absolute atomic E-state index is 0.569. The molecule has 0 spiro atoms. The van der Waals surface area contributed by atoms with E-state index < -0.39 is 0 Å². The molecular formula is C22H26N6O3. The molecule has 0 aliphatic carbocycles. The van der Waals surface area contributed by atoms with Crippen molar-refractivity contribution < 1.29 is 14.0 Å². The van der Waals surface area contributed by atoms with Crippen molar-refractivity contribution in [1.29, 1.82) is 0 Å². The average molecular weight is 422 g/mol. The number of piperazine rings is 1. The van der Waals surface area contributed by atoms with E-state index in [1.165, 1.54) is 0 Å². The van der Waals surface area contributed by atoms with Crippen LogP contribution in [0.4, 0.5) is 5.95 Å². The summed E-state index contributed by atoms with van der Waals surface area (Å²) in [7, 11) is 0. The summed E-state index contributed by atoms with van der Waals surface area (Å²) in [5.74, 6) is 3.17. The fraction of sp³-hybridized carbons (Fsp3) is 0.409. The van der Waals surface area contributed by atoms with E-state index in [9.17, 15) is 0 Å². The Kier molecular flexibility index (Phi) is 5.94. The molecule has 0 amide bonds. The van der Waals surface area contributed by atoms with Gasteiger partial charge in [0.15, 0.2) is 17.3 Å². The maximum absolute atomic E-state index is 5.65. The highest BCUT2D eigenvalue weighted by Crippen LogP contribution is 2.34. The van der Waals surface area contributed by atoms with E-state index in [-0.39, 0.29) is 0 Å². The third-order valence-corrected chi connectivity index (χ3v) is 5.51. The lowest BCUT2D eigenvalue weighted by Gasteiger charge is -2.34. The molecule has 0 radical (unpaired) electrons. The number of ether oxygens (including phenoxy) is 2. The van der Waals surface area contributed by atoms with Crippen LogP contribution >= 0.6 is 0 Å². The smallest absolute Gasteiger partial charge is 0.225 e. The third-order valence-electron chi connectivity index (χ3n) is 5.51. The number of rotatable bonds is 7. The van der Waals surface area contributed by atoms with Gasteiger partial charge in [-0.15, -0.1) is 0 Å². The van der Waals surface area contributed by atoms with E-state index in [0.29, 0.717) is 19.8 Å². The molecule has 0 saturated carbocycles. The first-order valence-electron chi connectivity index (χ1n) is 10.7. The fourth-order valence-electron chi connectivity index (χ4n) is 3.81. The maximum atomic E-state index is 5.65. The van der Waals surface area contributed by atoms with Crippen molar-refractivity contribution in [3.05, 3.63) is 48.5 Å². The second kappa shape index (κ2) is 9.32. The van der Waals surface area contributed by atoms with Gasteiger partial charge in [0.25, 0.3) is 0 Å². The number of nitrogens with zero attached hydrogens (tertiary/aromatic N) is 5. The van der Waals surface area contributed by atoms with Crippen LogP contribution in [0.5, 0.6) is 11.5 Å². The summed E-state index contributed by atoms with van der Waals surface area (Å²) in [6.45, 7) is 7.61. The molecule has 5 rings (SSSR count). The highest BCUT2D eigenvalue weighted by molar-refractivity contribution is 5.64. The second-order valence-electron chi connectivity index (χ2n) is 7.59. The van der Waals surface area contributed by atoms with Gasteiger partial charge in [-0.3, -0.25) is 4.90 Å². The Hall–Kier alpha value is -3.17. The van der Waals surface area contributed by atoms with Crippen molar-refractivity contribution in [1.82, 2.24) is 25.3 Å². The number of fused-ring (bicyclic) bond motifs is 1. The summed E-state index contributed by atoms with van der Waals surface area (Å²) in [5, 5.41) is 7.65. The topological polar surface area (TPSA) is 88.8 Å². The predicted molar refractivity (Wildman–Crippen MR) is 115 cm³/mol. The van der Waals surface area contributed by atoms with Crippen molar-refractivity contribution in [3.8, 4) is 22.8 Å². The lowest BCUT2D eigenvalue weighted by Crippen LogP contribution is -2.48. The fourth-order valence-corrected chi connectivity index (χ4v) is 3.81. The molecule has 4 heterocycles. The van der Waals surface area contributed by atoms with Crippen LogP contribution in [0.2, 0.25) is 0 Å². The zero-order chi connectivity index (χ0) is 20.9. The summed E-state index contributed by atoms with van der Waals surface area (Å²) >= 11 is 0. The SMILES string of the molecule is c1cnc(N2CCN(CCNCc3cc(-c4ccc5c(c4)OCCO5)no3)CC2)nc1. The van der Waals surface area contributed by atoms with Crippen LogP contribution in [0.1, 0.15) is 5.76 Å². The molecule has 1 fully saturated rings. The Morgan fingerprint density at radius 1 is 0.935 bits per heavy atom. The number of hydrogen-bond donors (Lipinski definition) is 1. The van der Waals surface area contributed by atoms with E-state index in [1.54, 1.807) is 12.4 Å². The summed E-state index contributed by atoms with van der Waals surface area (Å²) in [5.41, 5.74) is 1.76. The normalized spacial score (nSPS) is 16.5. The van der Waals surface area contributed by atoms with Crippen LogP contribution in [0, 0.1) is 0 Å². The molecular weight excluding hydrogens is 396 g/mol. The number of nitrogens with one attached hydrogen (secondary N) is 1. The number of hydrogen-bond acceptors (Lipinski definition) is 9. The molecule has 9 heteroatoms. The Bertz CT molecular complexity index is 988. The number of anilines is 1. The highest BCUT2D eigenvalue weighted by Gasteiger charge is 2.18. The van der Waals surface area contributed by atoms with Gasteiger partial charge >= 0.3 is 0 Å². The van der Waals surface area contributed by atoms with E-state index in [4.69, 9.17) is 14.0 Å². The highest BCUT2D eigenvalue weighted by atomic mass is 16.6. The van der Waals surface area contributed by atoms with Crippen molar-refractivity contribution in [2.45, 2.75) is 6.54 Å². The molecule has 1 saturated heterocycles. The first-order valence-corrected chi connectivity index (χ1v) is 10.7. The molecule has 2 aliphatic rings. The lowest BCUT2D eigenvalue weighted by atomic mass is 10.1. The van der Waals surface area contributed by atoms with Crippen molar-refractivity contribution in [2.75, 3.05) is 57.4 Å². The summed E-state index contributed by atoms with van der Waals surface area (Å²) in [6, 6.07) is 9.66. The molecule has 31 heavy (non-hydrogen) atoms. The zero-order valence-corrected chi connectivity index (χ0v) is 17.4. The monoisotopic (exact) mass is 422 g/mol. The Balaban J connectivity index is 1.06. The van der Waals surface area contributed by atoms with Crippen molar-refractivity contribution in [3.63, 3.8) is 0 Å². The van der Waals surface area contributed by atoms with E-state index in [1.807, 2.05) is 30.3 Å². The van der Waals surface area contributed by atoms with Gasteiger partial charge in [-0.2, -0.15) is 0 Å². The van der Waals surface area contributed by atoms with Crippen LogP contribution < -0.4 is 19.7 Å². The lowest BCUT2D eigenvalue weighted by molar-refractivity contribution is 0.171. The molecule has 1 aromatic carbocycles. The molecule has 0 atom stereocenters. The molecule has 0 unspecified atom stereocenters. The van der Waals surface area contributed by atoms with Crippen LogP contribution in [0.3, 0.4) is 0 Å². The Morgan fingerprint density at radius 3 is 2.58 bits per heavy atom. The van der Waals surface area contributed by atoms with Gasteiger partial charge in [0.2, 0.25) is 5.95 Å². The standard InChI is InChI=1S/C22H26N6O3/c1-4-24-22(25-5-1)28-10-8-27(9-11-28)7-6-23-16-18-15-19(26-31-18)17-2-3-20-21(14-17)30-13-12-29-20/h1-5,14-15,23H,6-13,16H2. The molecule has 2 aliphatic heterocycles. The molecule has 0 bridgehead atoms. The van der Waals surface area contributed by atoms with Crippen molar-refractivity contribution in [2.24, 2.45) is 0 Å². The first kappa shape index (κ1) is 19.8. The largest absolute Gasteiger partial charge is 0.486 e. The van der Waals surface area contributed by atoms with E-state index in [2.05, 4.69) is 30.2 Å². The summed E-state index contributed by atoms with van der Waals surface area (Å²) in [4.78, 5) is 13.4. The molecule has 1 N–H and O–H groups in total. The molecule has 2 aromatic heterocycles. The van der Waals surface area contributed by atoms with Gasteiger partial charge in [0.1, 0.15) is 18.9 Å². The minimum Gasteiger partial charge on any atom is -0.486 e. The summed E-state index contributed by atoms with van der Waals surface area (Å²) in [6.07, 6.45) is 3.59. The van der Waals surface area contributed by atoms with Gasteiger partial charge in [-0.1, -0.05) is 5.16 Å². The summed E-state index contributed by atoms with van der Waals surface area (Å²) < 4.78 is 16.7. The average Bonchev–Trinajstić information content (AvgIpc) is 3.31. The van der Waals surface area contributed by atoms with Crippen LogP contribution in [0.15, 0.2) is 47.2 Å².